The summed E-state index contributed by atoms with van der Waals surface area (Å²) < 4.78 is 4.45. The zero-order valence-corrected chi connectivity index (χ0v) is 12.2. The second-order valence-electron chi connectivity index (χ2n) is 5.51. The zero-order valence-electron chi connectivity index (χ0n) is 11.3. The summed E-state index contributed by atoms with van der Waals surface area (Å²) in [6.07, 6.45) is 2.50. The molecule has 1 N–H and O–H groups in total. The molecule has 1 saturated carbocycles. The Bertz CT molecular complexity index is 531. The molecule has 2 aromatic rings. The van der Waals surface area contributed by atoms with E-state index in [1.54, 1.807) is 0 Å². The standard InChI is InChI=1S/C15H19N3S/c1-10(2)13(11-6-4-3-5-7-11)16-15-17-14(18-19-15)12-8-9-12/h3-7,10,12-13H,8-9H2,1-2H3,(H,16,17,18). The van der Waals surface area contributed by atoms with Gasteiger partial charge >= 0.3 is 0 Å². The average molecular weight is 273 g/mol. The highest BCUT2D eigenvalue weighted by Gasteiger charge is 2.28. The lowest BCUT2D eigenvalue weighted by molar-refractivity contribution is 0.546. The van der Waals surface area contributed by atoms with E-state index in [0.29, 0.717) is 17.9 Å². The lowest BCUT2D eigenvalue weighted by atomic mass is 9.96. The Balaban J connectivity index is 1.77. The fourth-order valence-electron chi connectivity index (χ4n) is 2.23. The summed E-state index contributed by atoms with van der Waals surface area (Å²) in [6, 6.07) is 10.9. The summed E-state index contributed by atoms with van der Waals surface area (Å²) in [5.41, 5.74) is 1.31. The van der Waals surface area contributed by atoms with Gasteiger partial charge in [-0.2, -0.15) is 4.37 Å². The highest BCUT2D eigenvalue weighted by Crippen LogP contribution is 2.39. The van der Waals surface area contributed by atoms with Crippen LogP contribution in [0, 0.1) is 5.92 Å². The molecular weight excluding hydrogens is 254 g/mol. The molecule has 0 spiro atoms. The van der Waals surface area contributed by atoms with Gasteiger partial charge in [-0.15, -0.1) is 0 Å². The minimum atomic E-state index is 0.293. The molecule has 1 aliphatic carbocycles. The molecule has 3 nitrogen and oxygen atoms in total. The third-order valence-electron chi connectivity index (χ3n) is 3.49. The van der Waals surface area contributed by atoms with Gasteiger partial charge in [-0.3, -0.25) is 0 Å². The maximum absolute atomic E-state index is 4.62. The average Bonchev–Trinajstić information content (AvgIpc) is 3.16. The van der Waals surface area contributed by atoms with Gasteiger partial charge in [0, 0.05) is 17.5 Å². The number of hydrogen-bond acceptors (Lipinski definition) is 4. The van der Waals surface area contributed by atoms with E-state index in [4.69, 9.17) is 0 Å². The maximum atomic E-state index is 4.62. The molecule has 100 valence electrons. The molecule has 3 rings (SSSR count). The topological polar surface area (TPSA) is 37.8 Å². The monoisotopic (exact) mass is 273 g/mol. The van der Waals surface area contributed by atoms with Crippen molar-refractivity contribution >= 4 is 16.7 Å². The molecule has 19 heavy (non-hydrogen) atoms. The van der Waals surface area contributed by atoms with Crippen LogP contribution < -0.4 is 5.32 Å². The van der Waals surface area contributed by atoms with Crippen LogP contribution in [-0.4, -0.2) is 9.36 Å². The summed E-state index contributed by atoms with van der Waals surface area (Å²) >= 11 is 1.49. The van der Waals surface area contributed by atoms with Gasteiger partial charge in [-0.25, -0.2) is 4.98 Å². The van der Waals surface area contributed by atoms with Crippen LogP contribution in [0.1, 0.15) is 50.0 Å². The van der Waals surface area contributed by atoms with E-state index in [1.165, 1.54) is 29.9 Å². The Hall–Kier alpha value is -1.42. The third kappa shape index (κ3) is 2.95. The fourth-order valence-corrected chi connectivity index (χ4v) is 2.91. The predicted octanol–water partition coefficient (Wildman–Crippen LogP) is 4.22. The van der Waals surface area contributed by atoms with E-state index in [0.717, 1.165) is 11.0 Å². The largest absolute Gasteiger partial charge is 0.353 e. The molecule has 1 unspecified atom stereocenters. The van der Waals surface area contributed by atoms with Gasteiger partial charge in [0.05, 0.1) is 6.04 Å². The van der Waals surface area contributed by atoms with Gasteiger partial charge in [0.1, 0.15) is 5.82 Å². The molecule has 1 heterocycles. The maximum Gasteiger partial charge on any atom is 0.203 e. The van der Waals surface area contributed by atoms with Gasteiger partial charge in [0.15, 0.2) is 0 Å². The molecule has 0 aliphatic heterocycles. The molecule has 1 aromatic carbocycles. The number of nitrogens with zero attached hydrogens (tertiary/aromatic N) is 2. The van der Waals surface area contributed by atoms with Crippen LogP contribution in [0.5, 0.6) is 0 Å². The van der Waals surface area contributed by atoms with Crippen molar-refractivity contribution in [3.8, 4) is 0 Å². The molecule has 1 atom stereocenters. The molecule has 0 radical (unpaired) electrons. The molecule has 1 fully saturated rings. The first-order valence-corrected chi connectivity index (χ1v) is 7.66. The minimum Gasteiger partial charge on any atom is -0.353 e. The number of nitrogens with one attached hydrogen (secondary N) is 1. The summed E-state index contributed by atoms with van der Waals surface area (Å²) in [5.74, 6) is 2.17. The van der Waals surface area contributed by atoms with Gasteiger partial charge in [0.2, 0.25) is 5.13 Å². The smallest absolute Gasteiger partial charge is 0.203 e. The van der Waals surface area contributed by atoms with Gasteiger partial charge in [0.25, 0.3) is 0 Å². The van der Waals surface area contributed by atoms with Crippen LogP contribution in [0.15, 0.2) is 30.3 Å². The Labute approximate surface area is 118 Å². The zero-order chi connectivity index (χ0) is 13.2. The van der Waals surface area contributed by atoms with Gasteiger partial charge in [-0.05, 0) is 24.3 Å². The molecule has 4 heteroatoms. The van der Waals surface area contributed by atoms with Crippen molar-refractivity contribution in [3.63, 3.8) is 0 Å². The van der Waals surface area contributed by atoms with E-state index in [1.807, 2.05) is 0 Å². The minimum absolute atomic E-state index is 0.293. The van der Waals surface area contributed by atoms with E-state index in [2.05, 4.69) is 58.9 Å². The SMILES string of the molecule is CC(C)C(Nc1nc(C2CC2)ns1)c1ccccc1. The summed E-state index contributed by atoms with van der Waals surface area (Å²) in [6.45, 7) is 4.46. The predicted molar refractivity (Wildman–Crippen MR) is 79.5 cm³/mol. The van der Waals surface area contributed by atoms with E-state index in [9.17, 15) is 0 Å². The third-order valence-corrected chi connectivity index (χ3v) is 4.15. The summed E-state index contributed by atoms with van der Waals surface area (Å²) in [4.78, 5) is 4.62. The van der Waals surface area contributed by atoms with Crippen molar-refractivity contribution in [1.29, 1.82) is 0 Å². The fraction of sp³-hybridized carbons (Fsp3) is 0.467. The Kier molecular flexibility index (Phi) is 3.51. The van der Waals surface area contributed by atoms with Crippen LogP contribution >= 0.6 is 11.5 Å². The Morgan fingerprint density at radius 2 is 1.95 bits per heavy atom. The van der Waals surface area contributed by atoms with E-state index < -0.39 is 0 Å². The normalized spacial score (nSPS) is 16.6. The van der Waals surface area contributed by atoms with Crippen molar-refractivity contribution in [2.24, 2.45) is 5.92 Å². The number of hydrogen-bond donors (Lipinski definition) is 1. The summed E-state index contributed by atoms with van der Waals surface area (Å²) in [7, 11) is 0. The molecule has 1 aromatic heterocycles. The second-order valence-corrected chi connectivity index (χ2v) is 6.26. The van der Waals surface area contributed by atoms with Crippen molar-refractivity contribution in [2.45, 2.75) is 38.6 Å². The van der Waals surface area contributed by atoms with Crippen LogP contribution in [0.3, 0.4) is 0 Å². The number of aromatic nitrogens is 2. The van der Waals surface area contributed by atoms with Crippen molar-refractivity contribution < 1.29 is 0 Å². The quantitative estimate of drug-likeness (QED) is 0.886. The van der Waals surface area contributed by atoms with Crippen LogP contribution in [0.2, 0.25) is 0 Å². The van der Waals surface area contributed by atoms with Crippen LogP contribution in [0.25, 0.3) is 0 Å². The number of anilines is 1. The first-order valence-electron chi connectivity index (χ1n) is 6.89. The van der Waals surface area contributed by atoms with Gasteiger partial charge in [-0.1, -0.05) is 44.2 Å². The molecule has 0 amide bonds. The van der Waals surface area contributed by atoms with E-state index >= 15 is 0 Å². The van der Waals surface area contributed by atoms with E-state index in [-0.39, 0.29) is 0 Å². The highest BCUT2D eigenvalue weighted by atomic mass is 32.1. The van der Waals surface area contributed by atoms with Crippen molar-refractivity contribution in [3.05, 3.63) is 41.7 Å². The molecular formula is C15H19N3S. The number of benzene rings is 1. The molecule has 0 saturated heterocycles. The Morgan fingerprint density at radius 1 is 1.21 bits per heavy atom. The van der Waals surface area contributed by atoms with Crippen LogP contribution in [-0.2, 0) is 0 Å². The van der Waals surface area contributed by atoms with Crippen LogP contribution in [0.4, 0.5) is 5.13 Å². The van der Waals surface area contributed by atoms with Crippen molar-refractivity contribution in [2.75, 3.05) is 5.32 Å². The molecule has 0 bridgehead atoms. The van der Waals surface area contributed by atoms with Crippen molar-refractivity contribution in [1.82, 2.24) is 9.36 Å². The first kappa shape index (κ1) is 12.6. The lowest BCUT2D eigenvalue weighted by Crippen LogP contribution is -2.16. The highest BCUT2D eigenvalue weighted by molar-refractivity contribution is 7.09. The summed E-state index contributed by atoms with van der Waals surface area (Å²) in [5, 5.41) is 4.49. The second kappa shape index (κ2) is 5.29. The van der Waals surface area contributed by atoms with Gasteiger partial charge < -0.3 is 5.32 Å². The first-order chi connectivity index (χ1) is 9.24. The molecule has 1 aliphatic rings. The Morgan fingerprint density at radius 3 is 2.58 bits per heavy atom. The lowest BCUT2D eigenvalue weighted by Gasteiger charge is -2.22. The number of rotatable bonds is 5.